The highest BCUT2D eigenvalue weighted by molar-refractivity contribution is 7.26. The van der Waals surface area contributed by atoms with E-state index in [2.05, 4.69) is 157 Å². The van der Waals surface area contributed by atoms with Crippen molar-refractivity contribution >= 4 is 90.9 Å². The van der Waals surface area contributed by atoms with Crippen molar-refractivity contribution in [3.63, 3.8) is 0 Å². The minimum atomic E-state index is 1.18. The smallest absolute Gasteiger partial charge is 0.0719 e. The first-order valence-electron chi connectivity index (χ1n) is 14.5. The van der Waals surface area contributed by atoms with Crippen LogP contribution in [0.5, 0.6) is 0 Å². The molecule has 0 aliphatic heterocycles. The van der Waals surface area contributed by atoms with E-state index in [0.717, 1.165) is 0 Å². The van der Waals surface area contributed by atoms with Gasteiger partial charge in [0.25, 0.3) is 0 Å². The van der Waals surface area contributed by atoms with Crippen LogP contribution < -0.4 is 4.90 Å². The van der Waals surface area contributed by atoms with E-state index in [1.807, 2.05) is 22.7 Å². The third kappa shape index (κ3) is 3.82. The van der Waals surface area contributed by atoms with Gasteiger partial charge in [-0.05, 0) is 41.3 Å². The number of benzene rings is 7. The van der Waals surface area contributed by atoms with Crippen LogP contribution in [-0.2, 0) is 0 Å². The molecular weight excluding hydrogens is 559 g/mol. The fraction of sp³-hybridized carbons (Fsp3) is 0. The molecule has 43 heavy (non-hydrogen) atoms. The first-order valence-corrected chi connectivity index (χ1v) is 16.2. The molecule has 0 spiro atoms. The summed E-state index contributed by atoms with van der Waals surface area (Å²) in [6, 6.07) is 55.4. The van der Waals surface area contributed by atoms with Gasteiger partial charge in [0.1, 0.15) is 0 Å². The van der Waals surface area contributed by atoms with Gasteiger partial charge in [-0.3, -0.25) is 0 Å². The van der Waals surface area contributed by atoms with Gasteiger partial charge < -0.3 is 4.90 Å². The van der Waals surface area contributed by atoms with E-state index in [9.17, 15) is 0 Å². The molecule has 9 rings (SSSR count). The third-order valence-corrected chi connectivity index (χ3v) is 10.8. The molecule has 1 nitrogen and oxygen atoms in total. The van der Waals surface area contributed by atoms with Gasteiger partial charge in [0.15, 0.2) is 0 Å². The number of nitrogens with zero attached hydrogens (tertiary/aromatic N) is 1. The van der Waals surface area contributed by atoms with Gasteiger partial charge in [0.2, 0.25) is 0 Å². The summed E-state index contributed by atoms with van der Waals surface area (Å²) in [5.74, 6) is 0. The molecule has 0 aliphatic rings. The minimum Gasteiger partial charge on any atom is -0.307 e. The molecule has 9 aromatic rings. The maximum atomic E-state index is 2.56. The van der Waals surface area contributed by atoms with E-state index in [4.69, 9.17) is 0 Å². The van der Waals surface area contributed by atoms with Crippen LogP contribution in [0.15, 0.2) is 152 Å². The molecule has 0 saturated carbocycles. The van der Waals surface area contributed by atoms with Crippen LogP contribution in [0.3, 0.4) is 0 Å². The summed E-state index contributed by atoms with van der Waals surface area (Å²) in [5, 5.41) is 7.67. The van der Waals surface area contributed by atoms with Crippen LogP contribution in [0.25, 0.3) is 62.2 Å². The molecule has 0 amide bonds. The van der Waals surface area contributed by atoms with Gasteiger partial charge in [-0.1, -0.05) is 121 Å². The first-order chi connectivity index (χ1) is 21.3. The summed E-state index contributed by atoms with van der Waals surface area (Å²) in [6.07, 6.45) is 0. The first kappa shape index (κ1) is 24.6. The lowest BCUT2D eigenvalue weighted by Gasteiger charge is -2.30. The average Bonchev–Trinajstić information content (AvgIpc) is 3.64. The van der Waals surface area contributed by atoms with E-state index >= 15 is 0 Å². The molecule has 2 aromatic heterocycles. The number of hydrogen-bond donors (Lipinski definition) is 0. The molecule has 0 atom stereocenters. The molecule has 0 saturated heterocycles. The number of anilines is 3. The second-order valence-electron chi connectivity index (χ2n) is 10.9. The Bertz CT molecular complexity index is 2460. The van der Waals surface area contributed by atoms with Gasteiger partial charge >= 0.3 is 0 Å². The Hall–Kier alpha value is -4.96. The highest BCUT2D eigenvalue weighted by Gasteiger charge is 2.26. The van der Waals surface area contributed by atoms with Gasteiger partial charge in [0, 0.05) is 46.6 Å². The molecular formula is C40H25NS2. The van der Waals surface area contributed by atoms with Crippen LogP contribution in [0.1, 0.15) is 0 Å². The van der Waals surface area contributed by atoms with Crippen molar-refractivity contribution in [2.24, 2.45) is 0 Å². The molecule has 0 N–H and O–H groups in total. The van der Waals surface area contributed by atoms with Crippen molar-refractivity contribution < 1.29 is 0 Å². The lowest BCUT2D eigenvalue weighted by atomic mass is 9.98. The fourth-order valence-corrected chi connectivity index (χ4v) is 8.93. The molecule has 202 valence electrons. The van der Waals surface area contributed by atoms with Crippen LogP contribution in [0, 0.1) is 0 Å². The predicted molar refractivity (Wildman–Crippen MR) is 190 cm³/mol. The zero-order valence-corrected chi connectivity index (χ0v) is 24.8. The molecule has 0 aliphatic carbocycles. The summed E-state index contributed by atoms with van der Waals surface area (Å²) in [5.41, 5.74) is 6.05. The minimum absolute atomic E-state index is 1.18. The second kappa shape index (κ2) is 9.81. The highest BCUT2D eigenvalue weighted by Crippen LogP contribution is 2.53. The maximum absolute atomic E-state index is 2.56. The van der Waals surface area contributed by atoms with Gasteiger partial charge in [-0.15, -0.1) is 22.7 Å². The van der Waals surface area contributed by atoms with Crippen LogP contribution in [0.4, 0.5) is 17.1 Å². The molecule has 2 heterocycles. The summed E-state index contributed by atoms with van der Waals surface area (Å²) in [6.45, 7) is 0. The summed E-state index contributed by atoms with van der Waals surface area (Å²) in [4.78, 5) is 2.56. The third-order valence-electron chi connectivity index (χ3n) is 8.46. The van der Waals surface area contributed by atoms with Crippen molar-refractivity contribution in [2.75, 3.05) is 4.90 Å². The lowest BCUT2D eigenvalue weighted by molar-refractivity contribution is 1.34. The standard InChI is InChI=1S/C40H25NS2/c1-2-12-27(13-3-1)29-24-25-31-30-17-6-8-21-35(30)43-40(31)39(29)41(33-19-10-15-26-14-4-5-16-28(26)33)34-20-11-23-37-38(34)32-18-7-9-22-36(32)42-37/h1-25H. The zero-order valence-electron chi connectivity index (χ0n) is 23.2. The van der Waals surface area contributed by atoms with E-state index in [-0.39, 0.29) is 0 Å². The molecule has 0 bridgehead atoms. The number of rotatable bonds is 4. The van der Waals surface area contributed by atoms with Crippen molar-refractivity contribution in [2.45, 2.75) is 0 Å². The maximum Gasteiger partial charge on any atom is 0.0719 e. The molecule has 0 unspecified atom stereocenters. The van der Waals surface area contributed by atoms with E-state index in [0.29, 0.717) is 0 Å². The van der Waals surface area contributed by atoms with Gasteiger partial charge in [-0.25, -0.2) is 0 Å². The number of thiophene rings is 2. The van der Waals surface area contributed by atoms with E-state index < -0.39 is 0 Å². The molecule has 3 heteroatoms. The average molecular weight is 584 g/mol. The lowest BCUT2D eigenvalue weighted by Crippen LogP contribution is -2.12. The predicted octanol–water partition coefficient (Wildman–Crippen LogP) is 12.7. The summed E-state index contributed by atoms with van der Waals surface area (Å²) < 4.78 is 5.22. The number of hydrogen-bond acceptors (Lipinski definition) is 3. The molecule has 0 radical (unpaired) electrons. The summed E-state index contributed by atoms with van der Waals surface area (Å²) in [7, 11) is 0. The number of fused-ring (bicyclic) bond motifs is 7. The molecule has 7 aromatic carbocycles. The highest BCUT2D eigenvalue weighted by atomic mass is 32.1. The summed E-state index contributed by atoms with van der Waals surface area (Å²) >= 11 is 3.76. The Morgan fingerprint density at radius 1 is 0.395 bits per heavy atom. The van der Waals surface area contributed by atoms with Crippen molar-refractivity contribution in [3.8, 4) is 11.1 Å². The zero-order chi connectivity index (χ0) is 28.3. The Kier molecular flexibility index (Phi) is 5.62. The normalized spacial score (nSPS) is 11.7. The molecule has 0 fully saturated rings. The topological polar surface area (TPSA) is 3.24 Å². The Labute approximate surface area is 257 Å². The van der Waals surface area contributed by atoms with E-state index in [1.165, 1.54) is 79.3 Å². The fourth-order valence-electron chi connectivity index (χ4n) is 6.56. The van der Waals surface area contributed by atoms with E-state index in [1.54, 1.807) is 0 Å². The van der Waals surface area contributed by atoms with Crippen molar-refractivity contribution in [3.05, 3.63) is 152 Å². The Morgan fingerprint density at radius 3 is 1.88 bits per heavy atom. The monoisotopic (exact) mass is 583 g/mol. The largest absolute Gasteiger partial charge is 0.307 e. The van der Waals surface area contributed by atoms with Crippen molar-refractivity contribution in [1.82, 2.24) is 0 Å². The second-order valence-corrected chi connectivity index (χ2v) is 13.0. The van der Waals surface area contributed by atoms with Crippen LogP contribution in [-0.4, -0.2) is 0 Å². The quantitative estimate of drug-likeness (QED) is 0.199. The SMILES string of the molecule is c1ccc(-c2ccc3c(sc4ccccc43)c2N(c2cccc3ccccc23)c2cccc3sc4ccccc4c23)cc1. The Morgan fingerprint density at radius 2 is 1.02 bits per heavy atom. The van der Waals surface area contributed by atoms with Gasteiger partial charge in [0.05, 0.1) is 21.8 Å². The van der Waals surface area contributed by atoms with Crippen LogP contribution in [0.2, 0.25) is 0 Å². The van der Waals surface area contributed by atoms with Crippen LogP contribution >= 0.6 is 22.7 Å². The van der Waals surface area contributed by atoms with Crippen molar-refractivity contribution in [1.29, 1.82) is 0 Å². The van der Waals surface area contributed by atoms with Gasteiger partial charge in [-0.2, -0.15) is 0 Å². The Balaban J connectivity index is 1.50.